The van der Waals surface area contributed by atoms with Crippen LogP contribution >= 0.6 is 0 Å². The Hall–Kier alpha value is -1.31. The molecule has 0 atom stereocenters. The molecule has 0 unspecified atom stereocenters. The Morgan fingerprint density at radius 2 is 2.21 bits per heavy atom. The maximum atomic E-state index is 11.9. The molecule has 3 rings (SSSR count). The molecule has 14 heavy (non-hydrogen) atoms. The average molecular weight is 188 g/mol. The van der Waals surface area contributed by atoms with Gasteiger partial charge in [0.05, 0.1) is 12.2 Å². The summed E-state index contributed by atoms with van der Waals surface area (Å²) in [4.78, 5) is 11.9. The van der Waals surface area contributed by atoms with Crippen molar-refractivity contribution in [2.24, 2.45) is 5.92 Å². The van der Waals surface area contributed by atoms with Crippen LogP contribution in [0.5, 0.6) is 5.75 Å². The van der Waals surface area contributed by atoms with E-state index in [1.165, 1.54) is 5.56 Å². The van der Waals surface area contributed by atoms with Crippen LogP contribution < -0.4 is 4.74 Å². The zero-order valence-electron chi connectivity index (χ0n) is 7.95. The molecule has 1 aliphatic heterocycles. The van der Waals surface area contributed by atoms with Crippen LogP contribution in [0.4, 0.5) is 0 Å². The number of carbonyl (C=O) groups is 1. The first-order valence-electron chi connectivity index (χ1n) is 5.15. The first kappa shape index (κ1) is 8.04. The van der Waals surface area contributed by atoms with Crippen molar-refractivity contribution in [2.75, 3.05) is 6.61 Å². The number of Topliss-reactive ketones (excluding diaryl/α,β-unsaturated/α-hetero) is 1. The molecule has 1 aromatic carbocycles. The lowest BCUT2D eigenvalue weighted by atomic mass is 10.0. The third-order valence-corrected chi connectivity index (χ3v) is 2.93. The van der Waals surface area contributed by atoms with Gasteiger partial charge in [-0.05, 0) is 24.5 Å². The van der Waals surface area contributed by atoms with Crippen molar-refractivity contribution < 1.29 is 9.53 Å². The molecule has 0 N–H and O–H groups in total. The quantitative estimate of drug-likeness (QED) is 0.665. The summed E-state index contributed by atoms with van der Waals surface area (Å²) < 4.78 is 5.51. The Kier molecular flexibility index (Phi) is 1.63. The average Bonchev–Trinajstić information content (AvgIpc) is 2.94. The predicted octanol–water partition coefficient (Wildman–Crippen LogP) is 2.21. The minimum atomic E-state index is 0.281. The van der Waals surface area contributed by atoms with Crippen LogP contribution in [0.3, 0.4) is 0 Å². The second-order valence-electron chi connectivity index (χ2n) is 4.03. The van der Waals surface area contributed by atoms with Gasteiger partial charge in [0.25, 0.3) is 0 Å². The lowest BCUT2D eigenvalue weighted by Crippen LogP contribution is -2.03. The van der Waals surface area contributed by atoms with E-state index in [0.29, 0.717) is 0 Å². The van der Waals surface area contributed by atoms with Gasteiger partial charge in [0.1, 0.15) is 5.75 Å². The van der Waals surface area contributed by atoms with Crippen LogP contribution in [0, 0.1) is 5.92 Å². The van der Waals surface area contributed by atoms with Crippen LogP contribution in [-0.2, 0) is 6.42 Å². The Balaban J connectivity index is 2.04. The molecular formula is C12H12O2. The number of hydrogen-bond acceptors (Lipinski definition) is 2. The lowest BCUT2D eigenvalue weighted by Gasteiger charge is -2.05. The number of benzene rings is 1. The molecular weight excluding hydrogens is 176 g/mol. The van der Waals surface area contributed by atoms with Gasteiger partial charge in [-0.1, -0.05) is 12.1 Å². The van der Waals surface area contributed by atoms with Crippen LogP contribution in [0.2, 0.25) is 0 Å². The second kappa shape index (κ2) is 2.84. The summed E-state index contributed by atoms with van der Waals surface area (Å²) >= 11 is 0. The molecule has 1 saturated carbocycles. The van der Waals surface area contributed by atoms with E-state index in [1.54, 1.807) is 0 Å². The molecule has 0 saturated heterocycles. The highest BCUT2D eigenvalue weighted by molar-refractivity contribution is 6.02. The Morgan fingerprint density at radius 1 is 1.36 bits per heavy atom. The van der Waals surface area contributed by atoms with E-state index < -0.39 is 0 Å². The van der Waals surface area contributed by atoms with E-state index in [0.717, 1.165) is 37.2 Å². The Bertz CT molecular complexity index is 391. The van der Waals surface area contributed by atoms with Gasteiger partial charge in [-0.25, -0.2) is 0 Å². The number of hydrogen-bond donors (Lipinski definition) is 0. The maximum absolute atomic E-state index is 11.9. The van der Waals surface area contributed by atoms with Crippen LogP contribution in [0.1, 0.15) is 28.8 Å². The molecule has 2 nitrogen and oxygen atoms in total. The molecule has 1 heterocycles. The smallest absolute Gasteiger partial charge is 0.169 e. The summed E-state index contributed by atoms with van der Waals surface area (Å²) in [6.07, 6.45) is 3.06. The van der Waals surface area contributed by atoms with E-state index in [4.69, 9.17) is 4.74 Å². The van der Waals surface area contributed by atoms with E-state index in [9.17, 15) is 4.79 Å². The SMILES string of the molecule is O=C(c1cccc2c1OCC2)C1CC1. The van der Waals surface area contributed by atoms with Crippen molar-refractivity contribution in [1.29, 1.82) is 0 Å². The Morgan fingerprint density at radius 3 is 3.00 bits per heavy atom. The molecule has 0 radical (unpaired) electrons. The molecule has 2 heteroatoms. The topological polar surface area (TPSA) is 26.3 Å². The molecule has 1 aromatic rings. The summed E-state index contributed by atoms with van der Waals surface area (Å²) in [5, 5.41) is 0. The van der Waals surface area contributed by atoms with Crippen LogP contribution in [0.15, 0.2) is 18.2 Å². The minimum absolute atomic E-state index is 0.281. The molecule has 0 aromatic heterocycles. The standard InChI is InChI=1S/C12H12O2/c13-11(8-4-5-8)10-3-1-2-9-6-7-14-12(9)10/h1-3,8H,4-7H2. The largest absolute Gasteiger partial charge is 0.492 e. The fraction of sp³-hybridized carbons (Fsp3) is 0.417. The highest BCUT2D eigenvalue weighted by Gasteiger charge is 2.33. The number of para-hydroxylation sites is 1. The number of ketones is 1. The van der Waals surface area contributed by atoms with E-state index in [2.05, 4.69) is 0 Å². The highest BCUT2D eigenvalue weighted by atomic mass is 16.5. The molecule has 1 aliphatic carbocycles. The fourth-order valence-corrected chi connectivity index (χ4v) is 1.97. The van der Waals surface area contributed by atoms with Crippen molar-refractivity contribution in [1.82, 2.24) is 0 Å². The van der Waals surface area contributed by atoms with Gasteiger partial charge in [-0.2, -0.15) is 0 Å². The summed E-state index contributed by atoms with van der Waals surface area (Å²) in [6.45, 7) is 0.726. The van der Waals surface area contributed by atoms with Gasteiger partial charge in [0.2, 0.25) is 0 Å². The van der Waals surface area contributed by atoms with Gasteiger partial charge < -0.3 is 4.74 Å². The molecule has 2 aliphatic rings. The van der Waals surface area contributed by atoms with Crippen LogP contribution in [-0.4, -0.2) is 12.4 Å². The van der Waals surface area contributed by atoms with Gasteiger partial charge in [-0.3, -0.25) is 4.79 Å². The number of rotatable bonds is 2. The first-order valence-corrected chi connectivity index (χ1v) is 5.15. The van der Waals surface area contributed by atoms with Crippen molar-refractivity contribution >= 4 is 5.78 Å². The maximum Gasteiger partial charge on any atom is 0.169 e. The van der Waals surface area contributed by atoms with E-state index in [1.807, 2.05) is 18.2 Å². The van der Waals surface area contributed by atoms with Crippen molar-refractivity contribution in [2.45, 2.75) is 19.3 Å². The monoisotopic (exact) mass is 188 g/mol. The fourth-order valence-electron chi connectivity index (χ4n) is 1.97. The summed E-state index contributed by atoms with van der Waals surface area (Å²) in [7, 11) is 0. The van der Waals surface area contributed by atoms with E-state index in [-0.39, 0.29) is 11.7 Å². The van der Waals surface area contributed by atoms with E-state index >= 15 is 0 Å². The van der Waals surface area contributed by atoms with Gasteiger partial charge >= 0.3 is 0 Å². The minimum Gasteiger partial charge on any atom is -0.492 e. The lowest BCUT2D eigenvalue weighted by molar-refractivity contribution is 0.0964. The third-order valence-electron chi connectivity index (χ3n) is 2.93. The zero-order chi connectivity index (χ0) is 9.54. The normalized spacial score (nSPS) is 18.9. The highest BCUT2D eigenvalue weighted by Crippen LogP contribution is 2.37. The van der Waals surface area contributed by atoms with Gasteiger partial charge in [-0.15, -0.1) is 0 Å². The molecule has 0 amide bonds. The molecule has 72 valence electrons. The number of fused-ring (bicyclic) bond motifs is 1. The second-order valence-corrected chi connectivity index (χ2v) is 4.03. The third kappa shape index (κ3) is 1.14. The van der Waals surface area contributed by atoms with Crippen molar-refractivity contribution in [3.8, 4) is 5.75 Å². The van der Waals surface area contributed by atoms with Crippen LogP contribution in [0.25, 0.3) is 0 Å². The predicted molar refractivity (Wildman–Crippen MR) is 52.7 cm³/mol. The Labute approximate surface area is 82.9 Å². The molecule has 0 spiro atoms. The summed E-state index contributed by atoms with van der Waals surface area (Å²) in [5.41, 5.74) is 2.00. The van der Waals surface area contributed by atoms with Crippen molar-refractivity contribution in [3.63, 3.8) is 0 Å². The molecule has 1 fully saturated rings. The van der Waals surface area contributed by atoms with Gasteiger partial charge in [0, 0.05) is 12.3 Å². The number of carbonyl (C=O) groups excluding carboxylic acids is 1. The van der Waals surface area contributed by atoms with Gasteiger partial charge in [0.15, 0.2) is 5.78 Å². The zero-order valence-corrected chi connectivity index (χ0v) is 7.95. The number of ether oxygens (including phenoxy) is 1. The molecule has 0 bridgehead atoms. The summed E-state index contributed by atoms with van der Waals surface area (Å²) in [6, 6.07) is 5.90. The summed E-state index contributed by atoms with van der Waals surface area (Å²) in [5.74, 6) is 1.42. The van der Waals surface area contributed by atoms with Crippen molar-refractivity contribution in [3.05, 3.63) is 29.3 Å². The first-order chi connectivity index (χ1) is 6.86.